The highest BCUT2D eigenvalue weighted by atomic mass is 16.5. The van der Waals surface area contributed by atoms with Crippen LogP contribution in [-0.4, -0.2) is 30.7 Å². The average molecular weight is 273 g/mol. The van der Waals surface area contributed by atoms with E-state index in [1.807, 2.05) is 38.1 Å². The number of nitrogens with one attached hydrogen (secondary N) is 1. The van der Waals surface area contributed by atoms with E-state index >= 15 is 0 Å². The number of anilines is 1. The first-order valence-electron chi connectivity index (χ1n) is 6.49. The van der Waals surface area contributed by atoms with Gasteiger partial charge in [0.1, 0.15) is 11.5 Å². The number of aryl methyl sites for hydroxylation is 1. The molecule has 0 aliphatic rings. The number of nitrogens with zero attached hydrogens (tertiary/aromatic N) is 2. The van der Waals surface area contributed by atoms with Crippen LogP contribution >= 0.6 is 0 Å². The normalized spacial score (nSPS) is 10.2. The van der Waals surface area contributed by atoms with E-state index in [9.17, 15) is 0 Å². The van der Waals surface area contributed by atoms with Crippen molar-refractivity contribution >= 4 is 5.95 Å². The first kappa shape index (κ1) is 14.1. The number of methoxy groups -OCH3 is 2. The summed E-state index contributed by atoms with van der Waals surface area (Å²) in [7, 11) is 3.27. The molecule has 1 heterocycles. The Morgan fingerprint density at radius 3 is 2.20 bits per heavy atom. The Balaban J connectivity index is 2.49. The summed E-state index contributed by atoms with van der Waals surface area (Å²) < 4.78 is 10.6. The van der Waals surface area contributed by atoms with Crippen LogP contribution in [0.5, 0.6) is 11.5 Å². The van der Waals surface area contributed by atoms with Crippen LogP contribution in [0.2, 0.25) is 0 Å². The van der Waals surface area contributed by atoms with Gasteiger partial charge in [-0.3, -0.25) is 0 Å². The van der Waals surface area contributed by atoms with Crippen LogP contribution in [0.25, 0.3) is 11.3 Å². The van der Waals surface area contributed by atoms with Crippen LogP contribution in [0, 0.1) is 6.92 Å². The topological polar surface area (TPSA) is 56.3 Å². The molecule has 0 fully saturated rings. The molecule has 0 saturated carbocycles. The van der Waals surface area contributed by atoms with Crippen LogP contribution in [0.3, 0.4) is 0 Å². The maximum Gasteiger partial charge on any atom is 0.223 e. The smallest absolute Gasteiger partial charge is 0.223 e. The number of ether oxygens (including phenoxy) is 2. The molecule has 5 nitrogen and oxygen atoms in total. The van der Waals surface area contributed by atoms with Gasteiger partial charge in [0.05, 0.1) is 19.9 Å². The third-order valence-corrected chi connectivity index (χ3v) is 2.84. The predicted molar refractivity (Wildman–Crippen MR) is 79.5 cm³/mol. The van der Waals surface area contributed by atoms with Gasteiger partial charge in [-0.25, -0.2) is 9.97 Å². The molecule has 0 spiro atoms. The van der Waals surface area contributed by atoms with Gasteiger partial charge in [0, 0.05) is 23.9 Å². The van der Waals surface area contributed by atoms with Crippen molar-refractivity contribution in [1.29, 1.82) is 0 Å². The van der Waals surface area contributed by atoms with Gasteiger partial charge in [-0.2, -0.15) is 0 Å². The summed E-state index contributed by atoms with van der Waals surface area (Å²) in [5, 5.41) is 3.13. The van der Waals surface area contributed by atoms with Crippen LogP contribution in [-0.2, 0) is 0 Å². The van der Waals surface area contributed by atoms with Gasteiger partial charge in [0.25, 0.3) is 0 Å². The summed E-state index contributed by atoms with van der Waals surface area (Å²) in [5.41, 5.74) is 2.68. The number of rotatable bonds is 5. The zero-order chi connectivity index (χ0) is 14.5. The lowest BCUT2D eigenvalue weighted by atomic mass is 10.1. The van der Waals surface area contributed by atoms with E-state index in [1.165, 1.54) is 0 Å². The molecule has 106 valence electrons. The van der Waals surface area contributed by atoms with E-state index in [1.54, 1.807) is 14.2 Å². The summed E-state index contributed by atoms with van der Waals surface area (Å²) in [4.78, 5) is 8.86. The summed E-state index contributed by atoms with van der Waals surface area (Å²) >= 11 is 0. The highest BCUT2D eigenvalue weighted by Crippen LogP contribution is 2.29. The van der Waals surface area contributed by atoms with Crippen molar-refractivity contribution in [2.45, 2.75) is 13.8 Å². The highest BCUT2D eigenvalue weighted by Gasteiger charge is 2.08. The second kappa shape index (κ2) is 6.23. The molecule has 0 amide bonds. The SMILES string of the molecule is CCNc1nc(C)cc(-c2cc(OC)cc(OC)c2)n1. The van der Waals surface area contributed by atoms with E-state index in [4.69, 9.17) is 9.47 Å². The number of benzene rings is 1. The maximum absolute atomic E-state index is 5.29. The zero-order valence-corrected chi connectivity index (χ0v) is 12.2. The van der Waals surface area contributed by atoms with Crippen molar-refractivity contribution in [1.82, 2.24) is 9.97 Å². The molecule has 0 saturated heterocycles. The van der Waals surface area contributed by atoms with Crippen LogP contribution in [0.4, 0.5) is 5.95 Å². The van der Waals surface area contributed by atoms with E-state index in [2.05, 4.69) is 15.3 Å². The van der Waals surface area contributed by atoms with Crippen LogP contribution in [0.15, 0.2) is 24.3 Å². The second-order valence-corrected chi connectivity index (χ2v) is 4.35. The molecule has 0 aliphatic heterocycles. The molecule has 2 aromatic rings. The lowest BCUT2D eigenvalue weighted by Gasteiger charge is -2.10. The molecule has 1 aromatic carbocycles. The maximum atomic E-state index is 5.29. The van der Waals surface area contributed by atoms with E-state index in [-0.39, 0.29) is 0 Å². The zero-order valence-electron chi connectivity index (χ0n) is 12.2. The molecule has 5 heteroatoms. The monoisotopic (exact) mass is 273 g/mol. The molecular weight excluding hydrogens is 254 g/mol. The summed E-state index contributed by atoms with van der Waals surface area (Å²) in [6.45, 7) is 4.74. The van der Waals surface area contributed by atoms with Crippen molar-refractivity contribution in [3.8, 4) is 22.8 Å². The third kappa shape index (κ3) is 3.17. The summed E-state index contributed by atoms with van der Waals surface area (Å²) in [5.74, 6) is 2.10. The fourth-order valence-electron chi connectivity index (χ4n) is 1.91. The number of hydrogen-bond donors (Lipinski definition) is 1. The van der Waals surface area contributed by atoms with Crippen molar-refractivity contribution in [3.05, 3.63) is 30.0 Å². The Bertz CT molecular complexity index is 577. The van der Waals surface area contributed by atoms with Crippen LogP contribution in [0.1, 0.15) is 12.6 Å². The van der Waals surface area contributed by atoms with Gasteiger partial charge in [-0.1, -0.05) is 0 Å². The lowest BCUT2D eigenvalue weighted by Crippen LogP contribution is -2.04. The molecule has 2 rings (SSSR count). The third-order valence-electron chi connectivity index (χ3n) is 2.84. The second-order valence-electron chi connectivity index (χ2n) is 4.35. The highest BCUT2D eigenvalue weighted by molar-refractivity contribution is 5.65. The van der Waals surface area contributed by atoms with Gasteiger partial charge in [0.2, 0.25) is 5.95 Å². The van der Waals surface area contributed by atoms with Crippen molar-refractivity contribution in [3.63, 3.8) is 0 Å². The number of aromatic nitrogens is 2. The predicted octanol–water partition coefficient (Wildman–Crippen LogP) is 2.90. The molecule has 1 aromatic heterocycles. The van der Waals surface area contributed by atoms with Crippen molar-refractivity contribution in [2.24, 2.45) is 0 Å². The molecule has 0 radical (unpaired) electrons. The van der Waals surface area contributed by atoms with E-state index in [0.29, 0.717) is 5.95 Å². The molecule has 0 atom stereocenters. The Labute approximate surface area is 119 Å². The fraction of sp³-hybridized carbons (Fsp3) is 0.333. The minimum atomic E-state index is 0.629. The summed E-state index contributed by atoms with van der Waals surface area (Å²) in [6, 6.07) is 7.64. The Morgan fingerprint density at radius 1 is 1.00 bits per heavy atom. The Hall–Kier alpha value is -2.30. The molecule has 0 aliphatic carbocycles. The minimum Gasteiger partial charge on any atom is -0.497 e. The quantitative estimate of drug-likeness (QED) is 0.907. The van der Waals surface area contributed by atoms with Gasteiger partial charge in [-0.15, -0.1) is 0 Å². The molecular formula is C15H19N3O2. The molecule has 0 unspecified atom stereocenters. The first-order valence-corrected chi connectivity index (χ1v) is 6.49. The van der Waals surface area contributed by atoms with Gasteiger partial charge >= 0.3 is 0 Å². The largest absolute Gasteiger partial charge is 0.497 e. The van der Waals surface area contributed by atoms with Crippen LogP contribution < -0.4 is 14.8 Å². The van der Waals surface area contributed by atoms with Gasteiger partial charge in [0.15, 0.2) is 0 Å². The number of hydrogen-bond acceptors (Lipinski definition) is 5. The molecule has 1 N–H and O–H groups in total. The first-order chi connectivity index (χ1) is 9.66. The lowest BCUT2D eigenvalue weighted by molar-refractivity contribution is 0.394. The fourth-order valence-corrected chi connectivity index (χ4v) is 1.91. The van der Waals surface area contributed by atoms with E-state index in [0.717, 1.165) is 35.0 Å². The average Bonchev–Trinajstić information content (AvgIpc) is 2.46. The van der Waals surface area contributed by atoms with Gasteiger partial charge in [-0.05, 0) is 32.0 Å². The Kier molecular flexibility index (Phi) is 4.40. The van der Waals surface area contributed by atoms with Crippen molar-refractivity contribution < 1.29 is 9.47 Å². The molecule has 0 bridgehead atoms. The Morgan fingerprint density at radius 2 is 1.65 bits per heavy atom. The van der Waals surface area contributed by atoms with Gasteiger partial charge < -0.3 is 14.8 Å². The molecule has 20 heavy (non-hydrogen) atoms. The minimum absolute atomic E-state index is 0.629. The van der Waals surface area contributed by atoms with E-state index < -0.39 is 0 Å². The van der Waals surface area contributed by atoms with Crippen molar-refractivity contribution in [2.75, 3.05) is 26.1 Å². The standard InChI is InChI=1S/C15H19N3O2/c1-5-16-15-17-10(2)6-14(18-15)11-7-12(19-3)9-13(8-11)20-4/h6-9H,5H2,1-4H3,(H,16,17,18). The summed E-state index contributed by atoms with van der Waals surface area (Å²) in [6.07, 6.45) is 0.